The van der Waals surface area contributed by atoms with Gasteiger partial charge in [-0.25, -0.2) is 8.42 Å². The first-order valence-corrected chi connectivity index (χ1v) is 7.75. The zero-order valence-corrected chi connectivity index (χ0v) is 12.1. The standard InChI is InChI=1S/C13H16N4O2S/c1-9-5-10-6-11(14)3-4-13(10)17(9)20(18,19)12-7-15-16(2)8-12/h3-4,6-9H,5,14H2,1-2H3. The Morgan fingerprint density at radius 3 is 2.80 bits per heavy atom. The molecule has 1 unspecified atom stereocenters. The van der Waals surface area contributed by atoms with Crippen molar-refractivity contribution in [3.05, 3.63) is 36.2 Å². The molecule has 20 heavy (non-hydrogen) atoms. The quantitative estimate of drug-likeness (QED) is 0.842. The van der Waals surface area contributed by atoms with Gasteiger partial charge in [-0.05, 0) is 37.1 Å². The Hall–Kier alpha value is -2.02. The summed E-state index contributed by atoms with van der Waals surface area (Å²) in [6.45, 7) is 1.89. The number of nitrogen functional groups attached to an aromatic ring is 1. The van der Waals surface area contributed by atoms with E-state index in [2.05, 4.69) is 5.10 Å². The minimum atomic E-state index is -3.58. The summed E-state index contributed by atoms with van der Waals surface area (Å²) < 4.78 is 28.4. The molecule has 2 aromatic rings. The second-order valence-electron chi connectivity index (χ2n) is 5.09. The van der Waals surface area contributed by atoms with Crippen LogP contribution >= 0.6 is 0 Å². The summed E-state index contributed by atoms with van der Waals surface area (Å²) >= 11 is 0. The molecule has 1 aliphatic heterocycles. The van der Waals surface area contributed by atoms with Gasteiger partial charge in [0.2, 0.25) is 0 Å². The van der Waals surface area contributed by atoms with E-state index in [-0.39, 0.29) is 10.9 Å². The number of sulfonamides is 1. The molecule has 106 valence electrons. The second-order valence-corrected chi connectivity index (χ2v) is 6.91. The van der Waals surface area contributed by atoms with Crippen LogP contribution in [0.4, 0.5) is 11.4 Å². The van der Waals surface area contributed by atoms with E-state index in [1.807, 2.05) is 13.0 Å². The highest BCUT2D eigenvalue weighted by atomic mass is 32.2. The average Bonchev–Trinajstić information content (AvgIpc) is 2.92. The lowest BCUT2D eigenvalue weighted by atomic mass is 10.1. The number of nitrogens with two attached hydrogens (primary N) is 1. The number of hydrogen-bond donors (Lipinski definition) is 1. The summed E-state index contributed by atoms with van der Waals surface area (Å²) in [4.78, 5) is 0.205. The third-order valence-corrected chi connectivity index (χ3v) is 5.38. The fourth-order valence-corrected chi connectivity index (χ4v) is 4.31. The van der Waals surface area contributed by atoms with Gasteiger partial charge in [0.15, 0.2) is 0 Å². The van der Waals surface area contributed by atoms with E-state index in [9.17, 15) is 8.42 Å². The maximum Gasteiger partial charge on any atom is 0.267 e. The fraction of sp³-hybridized carbons (Fsp3) is 0.308. The number of hydrogen-bond acceptors (Lipinski definition) is 4. The Bertz CT molecular complexity index is 766. The largest absolute Gasteiger partial charge is 0.399 e. The van der Waals surface area contributed by atoms with Crippen molar-refractivity contribution in [3.63, 3.8) is 0 Å². The van der Waals surface area contributed by atoms with E-state index in [1.165, 1.54) is 21.4 Å². The van der Waals surface area contributed by atoms with Crippen LogP contribution in [0.2, 0.25) is 0 Å². The first kappa shape index (κ1) is 13.0. The predicted molar refractivity (Wildman–Crippen MR) is 76.9 cm³/mol. The van der Waals surface area contributed by atoms with Crippen LogP contribution in [0.3, 0.4) is 0 Å². The van der Waals surface area contributed by atoms with Crippen LogP contribution in [0.25, 0.3) is 0 Å². The zero-order chi connectivity index (χ0) is 14.5. The molecule has 2 heterocycles. The lowest BCUT2D eigenvalue weighted by molar-refractivity contribution is 0.584. The molecule has 2 N–H and O–H groups in total. The van der Waals surface area contributed by atoms with E-state index in [1.54, 1.807) is 19.2 Å². The van der Waals surface area contributed by atoms with Crippen molar-refractivity contribution >= 4 is 21.4 Å². The predicted octanol–water partition coefficient (Wildman–Crippen LogP) is 1.14. The lowest BCUT2D eigenvalue weighted by Gasteiger charge is -2.23. The molecule has 6 nitrogen and oxygen atoms in total. The normalized spacial score (nSPS) is 18.3. The maximum absolute atomic E-state index is 12.7. The van der Waals surface area contributed by atoms with Crippen molar-refractivity contribution in [2.45, 2.75) is 24.3 Å². The third kappa shape index (κ3) is 1.85. The molecule has 0 radical (unpaired) electrons. The molecular formula is C13H16N4O2S. The molecule has 0 saturated carbocycles. The van der Waals surface area contributed by atoms with Crippen LogP contribution < -0.4 is 10.0 Å². The lowest BCUT2D eigenvalue weighted by Crippen LogP contribution is -2.35. The van der Waals surface area contributed by atoms with Gasteiger partial charge in [-0.2, -0.15) is 5.10 Å². The molecule has 7 heteroatoms. The topological polar surface area (TPSA) is 81.2 Å². The maximum atomic E-state index is 12.7. The first-order valence-electron chi connectivity index (χ1n) is 6.31. The van der Waals surface area contributed by atoms with Gasteiger partial charge in [-0.15, -0.1) is 0 Å². The molecule has 0 spiro atoms. The molecule has 3 rings (SSSR count). The second kappa shape index (κ2) is 4.24. The SMILES string of the molecule is CC1Cc2cc(N)ccc2N1S(=O)(=O)c1cnn(C)c1. The van der Waals surface area contributed by atoms with Gasteiger partial charge in [0.25, 0.3) is 10.0 Å². The fourth-order valence-electron chi connectivity index (χ4n) is 2.63. The molecule has 0 saturated heterocycles. The highest BCUT2D eigenvalue weighted by Crippen LogP contribution is 2.37. The van der Waals surface area contributed by atoms with Gasteiger partial charge in [-0.3, -0.25) is 8.99 Å². The number of aromatic nitrogens is 2. The summed E-state index contributed by atoms with van der Waals surface area (Å²) in [6, 6.07) is 5.20. The van der Waals surface area contributed by atoms with Gasteiger partial charge < -0.3 is 5.73 Å². The highest BCUT2D eigenvalue weighted by molar-refractivity contribution is 7.92. The molecule has 1 aromatic carbocycles. The van der Waals surface area contributed by atoms with Crippen molar-refractivity contribution in [1.29, 1.82) is 0 Å². The highest BCUT2D eigenvalue weighted by Gasteiger charge is 2.36. The molecule has 1 aliphatic rings. The summed E-state index contributed by atoms with van der Waals surface area (Å²) in [5.74, 6) is 0. The molecular weight excluding hydrogens is 276 g/mol. The van der Waals surface area contributed by atoms with E-state index < -0.39 is 10.0 Å². The monoisotopic (exact) mass is 292 g/mol. The molecule has 0 bridgehead atoms. The smallest absolute Gasteiger partial charge is 0.267 e. The average molecular weight is 292 g/mol. The molecule has 0 amide bonds. The molecule has 0 fully saturated rings. The Balaban J connectivity index is 2.11. The van der Waals surface area contributed by atoms with Crippen LogP contribution in [-0.4, -0.2) is 24.2 Å². The molecule has 0 aliphatic carbocycles. The van der Waals surface area contributed by atoms with E-state index >= 15 is 0 Å². The zero-order valence-electron chi connectivity index (χ0n) is 11.3. The van der Waals surface area contributed by atoms with Crippen molar-refractivity contribution in [2.75, 3.05) is 10.0 Å². The Morgan fingerprint density at radius 2 is 2.15 bits per heavy atom. The summed E-state index contributed by atoms with van der Waals surface area (Å²) in [5.41, 5.74) is 8.08. The summed E-state index contributed by atoms with van der Waals surface area (Å²) in [5, 5.41) is 3.94. The van der Waals surface area contributed by atoms with Crippen molar-refractivity contribution in [1.82, 2.24) is 9.78 Å². The minimum absolute atomic E-state index is 0.128. The van der Waals surface area contributed by atoms with Gasteiger partial charge >= 0.3 is 0 Å². The van der Waals surface area contributed by atoms with Crippen LogP contribution in [0, 0.1) is 0 Å². The van der Waals surface area contributed by atoms with Crippen molar-refractivity contribution in [2.24, 2.45) is 7.05 Å². The molecule has 1 aromatic heterocycles. The van der Waals surface area contributed by atoms with Crippen LogP contribution in [0.15, 0.2) is 35.5 Å². The van der Waals surface area contributed by atoms with Gasteiger partial charge in [0.05, 0.1) is 11.9 Å². The van der Waals surface area contributed by atoms with Crippen molar-refractivity contribution < 1.29 is 8.42 Å². The minimum Gasteiger partial charge on any atom is -0.399 e. The van der Waals surface area contributed by atoms with Crippen LogP contribution in [0.5, 0.6) is 0 Å². The van der Waals surface area contributed by atoms with Gasteiger partial charge in [-0.1, -0.05) is 0 Å². The summed E-state index contributed by atoms with van der Waals surface area (Å²) in [7, 11) is -1.89. The number of anilines is 2. The van der Waals surface area contributed by atoms with Gasteiger partial charge in [0, 0.05) is 25.0 Å². The number of rotatable bonds is 2. The number of nitrogens with zero attached hydrogens (tertiary/aromatic N) is 3. The van der Waals surface area contributed by atoms with Gasteiger partial charge in [0.1, 0.15) is 4.90 Å². The molecule has 1 atom stereocenters. The van der Waals surface area contributed by atoms with Crippen LogP contribution in [0.1, 0.15) is 12.5 Å². The number of aryl methyl sites for hydroxylation is 1. The summed E-state index contributed by atoms with van der Waals surface area (Å²) in [6.07, 6.45) is 3.55. The van der Waals surface area contributed by atoms with Crippen molar-refractivity contribution in [3.8, 4) is 0 Å². The Labute approximate surface area is 117 Å². The Morgan fingerprint density at radius 1 is 1.40 bits per heavy atom. The third-order valence-electron chi connectivity index (χ3n) is 3.49. The number of fused-ring (bicyclic) bond motifs is 1. The van der Waals surface area contributed by atoms with E-state index in [0.717, 1.165) is 5.56 Å². The van der Waals surface area contributed by atoms with E-state index in [0.29, 0.717) is 17.8 Å². The Kier molecular flexibility index (Phi) is 2.75. The first-order chi connectivity index (χ1) is 9.39. The van der Waals surface area contributed by atoms with Crippen LogP contribution in [-0.2, 0) is 23.5 Å². The number of benzene rings is 1. The van der Waals surface area contributed by atoms with E-state index in [4.69, 9.17) is 5.73 Å².